The third kappa shape index (κ3) is 3.69. The molecule has 2 heterocycles. The topological polar surface area (TPSA) is 99.3 Å². The first-order valence-corrected chi connectivity index (χ1v) is 10.8. The van der Waals surface area contributed by atoms with Crippen LogP contribution in [0.25, 0.3) is 10.9 Å². The molecule has 0 saturated carbocycles. The van der Waals surface area contributed by atoms with Gasteiger partial charge in [0.25, 0.3) is 10.0 Å². The van der Waals surface area contributed by atoms with E-state index in [0.717, 1.165) is 11.3 Å². The molecule has 150 valence electrons. The van der Waals surface area contributed by atoms with Crippen LogP contribution in [0, 0.1) is 24.4 Å². The summed E-state index contributed by atoms with van der Waals surface area (Å²) in [5.41, 5.74) is -0.396. The highest BCUT2D eigenvalue weighted by molar-refractivity contribution is 9.11. The number of carboxylic acid groups (broad SMARTS) is 1. The molecule has 0 aliphatic carbocycles. The van der Waals surface area contributed by atoms with Gasteiger partial charge in [0.2, 0.25) is 0 Å². The van der Waals surface area contributed by atoms with Gasteiger partial charge in [0.05, 0.1) is 9.30 Å². The van der Waals surface area contributed by atoms with E-state index in [0.29, 0.717) is 3.79 Å². The van der Waals surface area contributed by atoms with Crippen molar-refractivity contribution >= 4 is 54.2 Å². The summed E-state index contributed by atoms with van der Waals surface area (Å²) in [5, 5.41) is 9.40. The number of halogens is 4. The zero-order valence-electron chi connectivity index (χ0n) is 14.0. The molecule has 3 rings (SSSR count). The molecule has 0 spiro atoms. The van der Waals surface area contributed by atoms with E-state index < -0.39 is 45.9 Å². The molecular weight excluding hydrogens is 485 g/mol. The normalized spacial score (nSPS) is 13.2. The molecule has 2 aromatic heterocycles. The lowest BCUT2D eigenvalue weighted by Gasteiger charge is -2.14. The zero-order valence-corrected chi connectivity index (χ0v) is 17.2. The van der Waals surface area contributed by atoms with E-state index in [9.17, 15) is 31.5 Å². The Morgan fingerprint density at radius 1 is 1.29 bits per heavy atom. The number of nitrogens with one attached hydrogen (secondary N) is 2. The number of benzene rings is 1. The van der Waals surface area contributed by atoms with Crippen molar-refractivity contribution in [1.29, 1.82) is 0 Å². The molecule has 3 N–H and O–H groups in total. The van der Waals surface area contributed by atoms with Gasteiger partial charge in [-0.05, 0) is 46.1 Å². The highest BCUT2D eigenvalue weighted by Gasteiger charge is 2.29. The molecule has 0 fully saturated rings. The first-order chi connectivity index (χ1) is 13.0. The van der Waals surface area contributed by atoms with Crippen molar-refractivity contribution in [2.75, 3.05) is 0 Å². The van der Waals surface area contributed by atoms with Crippen LogP contribution in [0.3, 0.4) is 0 Å². The third-order valence-electron chi connectivity index (χ3n) is 4.10. The fraction of sp³-hybridized carbons (Fsp3) is 0.188. The Labute approximate surface area is 169 Å². The van der Waals surface area contributed by atoms with Crippen molar-refractivity contribution in [1.82, 2.24) is 9.71 Å². The number of aryl methyl sites for hydroxylation is 1. The minimum absolute atomic E-state index is 0.0271. The molecule has 1 atom stereocenters. The standard InChI is InChI=1S/C16H12BrF3N2O4S2/c1-6-11-7(5-21-15(11)14(20)13(19)12(6)18)4-8(16(23)24)22-28(25,26)10-3-2-9(17)27-10/h2-3,5,8,21-22H,4H2,1H3,(H,23,24). The van der Waals surface area contributed by atoms with E-state index in [1.165, 1.54) is 25.3 Å². The lowest BCUT2D eigenvalue weighted by atomic mass is 10.0. The largest absolute Gasteiger partial charge is 0.480 e. The Kier molecular flexibility index (Phi) is 5.58. The van der Waals surface area contributed by atoms with Gasteiger partial charge >= 0.3 is 5.97 Å². The van der Waals surface area contributed by atoms with Crippen LogP contribution in [0.4, 0.5) is 13.2 Å². The lowest BCUT2D eigenvalue weighted by molar-refractivity contribution is -0.138. The summed E-state index contributed by atoms with van der Waals surface area (Å²) in [4.78, 5) is 14.0. The number of carboxylic acids is 1. The average Bonchev–Trinajstić information content (AvgIpc) is 3.24. The second-order valence-corrected chi connectivity index (χ2v) is 10.3. The van der Waals surface area contributed by atoms with E-state index >= 15 is 0 Å². The van der Waals surface area contributed by atoms with Gasteiger partial charge in [0.15, 0.2) is 17.5 Å². The Bertz CT molecular complexity index is 1190. The van der Waals surface area contributed by atoms with Crippen LogP contribution in [0.15, 0.2) is 26.3 Å². The van der Waals surface area contributed by atoms with Crippen LogP contribution in [-0.2, 0) is 21.2 Å². The lowest BCUT2D eigenvalue weighted by Crippen LogP contribution is -2.42. The first-order valence-electron chi connectivity index (χ1n) is 7.66. The number of carbonyl (C=O) groups is 1. The molecule has 6 nitrogen and oxygen atoms in total. The molecule has 0 saturated heterocycles. The van der Waals surface area contributed by atoms with E-state index in [2.05, 4.69) is 25.6 Å². The second-order valence-electron chi connectivity index (χ2n) is 5.91. The molecule has 1 aromatic carbocycles. The van der Waals surface area contributed by atoms with Gasteiger partial charge < -0.3 is 10.1 Å². The first kappa shape index (κ1) is 20.8. The second kappa shape index (κ2) is 7.50. The van der Waals surface area contributed by atoms with Crippen LogP contribution in [-0.4, -0.2) is 30.5 Å². The summed E-state index contributed by atoms with van der Waals surface area (Å²) in [6.45, 7) is 1.22. The highest BCUT2D eigenvalue weighted by atomic mass is 79.9. The number of H-pyrrole nitrogens is 1. The minimum Gasteiger partial charge on any atom is -0.480 e. The third-order valence-corrected chi connectivity index (χ3v) is 7.69. The van der Waals surface area contributed by atoms with Crippen LogP contribution in [0.5, 0.6) is 0 Å². The van der Waals surface area contributed by atoms with Crippen molar-refractivity contribution in [3.05, 3.63) is 50.7 Å². The van der Waals surface area contributed by atoms with E-state index in [1.54, 1.807) is 0 Å². The summed E-state index contributed by atoms with van der Waals surface area (Å²) >= 11 is 4.02. The number of sulfonamides is 1. The SMILES string of the molecule is Cc1c(F)c(F)c(F)c2[nH]cc(CC(NS(=O)(=O)c3ccc(Br)s3)C(=O)O)c12. The number of aromatic nitrogens is 1. The van der Waals surface area contributed by atoms with E-state index in [-0.39, 0.29) is 26.2 Å². The molecule has 0 radical (unpaired) electrons. The van der Waals surface area contributed by atoms with Gasteiger partial charge in [-0.2, -0.15) is 4.72 Å². The van der Waals surface area contributed by atoms with E-state index in [1.807, 2.05) is 0 Å². The predicted octanol–water partition coefficient (Wildman–Crippen LogP) is 3.69. The van der Waals surface area contributed by atoms with Gasteiger partial charge in [-0.1, -0.05) is 0 Å². The molecular formula is C16H12BrF3N2O4S2. The number of fused-ring (bicyclic) bond motifs is 1. The molecule has 0 aliphatic rings. The minimum atomic E-state index is -4.13. The predicted molar refractivity (Wildman–Crippen MR) is 100 cm³/mol. The monoisotopic (exact) mass is 496 g/mol. The molecule has 3 aromatic rings. The Morgan fingerprint density at radius 3 is 2.54 bits per heavy atom. The van der Waals surface area contributed by atoms with Crippen molar-refractivity contribution < 1.29 is 31.5 Å². The quantitative estimate of drug-likeness (QED) is 0.453. The fourth-order valence-electron chi connectivity index (χ4n) is 2.79. The number of aromatic amines is 1. The Hall–Kier alpha value is -1.89. The smallest absolute Gasteiger partial charge is 0.322 e. The Balaban J connectivity index is 1.99. The molecule has 1 unspecified atom stereocenters. The summed E-state index contributed by atoms with van der Waals surface area (Å²) < 4.78 is 68.8. The van der Waals surface area contributed by atoms with Gasteiger partial charge in [-0.25, -0.2) is 21.6 Å². The zero-order chi connectivity index (χ0) is 20.8. The number of hydrogen-bond donors (Lipinski definition) is 3. The van der Waals surface area contributed by atoms with Crippen LogP contribution >= 0.6 is 27.3 Å². The highest BCUT2D eigenvalue weighted by Crippen LogP contribution is 2.31. The summed E-state index contributed by atoms with van der Waals surface area (Å²) in [7, 11) is -4.13. The maximum absolute atomic E-state index is 14.0. The van der Waals surface area contributed by atoms with Crippen molar-refractivity contribution in [3.8, 4) is 0 Å². The number of hydrogen-bond acceptors (Lipinski definition) is 4. The summed E-state index contributed by atoms with van der Waals surface area (Å²) in [6, 6.07) is 1.19. The fourth-order valence-corrected chi connectivity index (χ4v) is 6.01. The van der Waals surface area contributed by atoms with Gasteiger partial charge in [-0.15, -0.1) is 11.3 Å². The molecule has 0 bridgehead atoms. The number of thiophene rings is 1. The van der Waals surface area contributed by atoms with Gasteiger partial charge in [0.1, 0.15) is 10.3 Å². The maximum atomic E-state index is 14.0. The van der Waals surface area contributed by atoms with Crippen LogP contribution in [0.1, 0.15) is 11.1 Å². The van der Waals surface area contributed by atoms with Crippen molar-refractivity contribution in [2.45, 2.75) is 23.6 Å². The van der Waals surface area contributed by atoms with Crippen LogP contribution < -0.4 is 4.72 Å². The molecule has 12 heteroatoms. The van der Waals surface area contributed by atoms with Crippen LogP contribution in [0.2, 0.25) is 0 Å². The average molecular weight is 497 g/mol. The summed E-state index contributed by atoms with van der Waals surface area (Å²) in [6.07, 6.45) is 0.790. The number of aliphatic carboxylic acids is 1. The van der Waals surface area contributed by atoms with Crippen molar-refractivity contribution in [3.63, 3.8) is 0 Å². The van der Waals surface area contributed by atoms with Gasteiger partial charge in [-0.3, -0.25) is 4.79 Å². The number of rotatable bonds is 6. The molecule has 0 amide bonds. The maximum Gasteiger partial charge on any atom is 0.322 e. The molecule has 28 heavy (non-hydrogen) atoms. The summed E-state index contributed by atoms with van der Waals surface area (Å²) in [5.74, 6) is -5.94. The Morgan fingerprint density at radius 2 is 1.96 bits per heavy atom. The van der Waals surface area contributed by atoms with Gasteiger partial charge in [0, 0.05) is 18.0 Å². The molecule has 0 aliphatic heterocycles. The van der Waals surface area contributed by atoms with E-state index in [4.69, 9.17) is 0 Å². The van der Waals surface area contributed by atoms with Crippen molar-refractivity contribution in [2.24, 2.45) is 0 Å².